The highest BCUT2D eigenvalue weighted by atomic mass is 32.3. The quantitative estimate of drug-likeness (QED) is 0.757. The van der Waals surface area contributed by atoms with Gasteiger partial charge in [0.25, 0.3) is 0 Å². The Balaban J connectivity index is 1.56. The number of rotatable bonds is 5. The molecular weight excluding hydrogens is 313 g/mol. The predicted molar refractivity (Wildman–Crippen MR) is 75.9 cm³/mol. The predicted octanol–water partition coefficient (Wildman–Crippen LogP) is 1.11. The molecule has 0 N–H and O–H groups in total. The van der Waals surface area contributed by atoms with E-state index >= 15 is 0 Å². The van der Waals surface area contributed by atoms with Gasteiger partial charge in [0.05, 0.1) is 5.75 Å². The molecule has 8 heteroatoms. The highest BCUT2D eigenvalue weighted by Crippen LogP contribution is 2.32. The first-order valence-electron chi connectivity index (χ1n) is 6.99. The molecule has 2 heterocycles. The summed E-state index contributed by atoms with van der Waals surface area (Å²) in [4.78, 5) is 13.4. The number of benzene rings is 1. The number of ether oxygens (including phenoxy) is 2. The van der Waals surface area contributed by atoms with Gasteiger partial charge in [0.1, 0.15) is 0 Å². The second-order valence-corrected chi connectivity index (χ2v) is 6.96. The van der Waals surface area contributed by atoms with Crippen molar-refractivity contribution >= 4 is 16.1 Å². The minimum absolute atomic E-state index is 0.0876. The second kappa shape index (κ2) is 5.75. The smallest absolute Gasteiger partial charge is 0.302 e. The molecule has 2 aliphatic heterocycles. The molecule has 1 fully saturated rings. The van der Waals surface area contributed by atoms with Gasteiger partial charge in [-0.05, 0) is 24.1 Å². The Bertz CT molecular complexity index is 690. The fraction of sp³-hybridized carbons (Fsp3) is 0.500. The normalized spacial score (nSPS) is 20.7. The van der Waals surface area contributed by atoms with Crippen molar-refractivity contribution in [1.82, 2.24) is 4.90 Å². The maximum atomic E-state index is 12.7. The Kier molecular flexibility index (Phi) is 3.94. The van der Waals surface area contributed by atoms with Crippen LogP contribution < -0.4 is 9.47 Å². The van der Waals surface area contributed by atoms with Crippen LogP contribution in [-0.4, -0.2) is 44.9 Å². The molecule has 6 nitrogen and oxygen atoms in total. The molecular formula is C14H16FNO5S. The molecule has 1 amide bonds. The molecule has 0 saturated carbocycles. The van der Waals surface area contributed by atoms with E-state index in [-0.39, 0.29) is 25.7 Å². The van der Waals surface area contributed by atoms with E-state index in [0.717, 1.165) is 5.56 Å². The molecule has 0 aromatic heterocycles. The summed E-state index contributed by atoms with van der Waals surface area (Å²) in [7, 11) is -4.54. The lowest BCUT2D eigenvalue weighted by Crippen LogP contribution is -2.28. The maximum absolute atomic E-state index is 12.7. The number of amides is 1. The highest BCUT2D eigenvalue weighted by Gasteiger charge is 2.32. The van der Waals surface area contributed by atoms with Crippen LogP contribution in [0.4, 0.5) is 3.89 Å². The Morgan fingerprint density at radius 3 is 2.82 bits per heavy atom. The van der Waals surface area contributed by atoms with Gasteiger partial charge in [-0.2, -0.15) is 8.42 Å². The van der Waals surface area contributed by atoms with E-state index in [1.165, 1.54) is 0 Å². The summed E-state index contributed by atoms with van der Waals surface area (Å²) in [6, 6.07) is 5.59. The maximum Gasteiger partial charge on any atom is 0.302 e. The zero-order valence-electron chi connectivity index (χ0n) is 11.8. The number of hydrogen-bond donors (Lipinski definition) is 0. The first-order chi connectivity index (χ1) is 10.4. The highest BCUT2D eigenvalue weighted by molar-refractivity contribution is 7.86. The van der Waals surface area contributed by atoms with Crippen LogP contribution in [0.25, 0.3) is 0 Å². The third-order valence-electron chi connectivity index (χ3n) is 3.84. The summed E-state index contributed by atoms with van der Waals surface area (Å²) in [5.74, 6) is 0.216. The average molecular weight is 329 g/mol. The number of carbonyl (C=O) groups excluding carboxylic acids is 1. The van der Waals surface area contributed by atoms with Crippen LogP contribution in [0, 0.1) is 5.92 Å². The van der Waals surface area contributed by atoms with Gasteiger partial charge >= 0.3 is 10.2 Å². The van der Waals surface area contributed by atoms with Gasteiger partial charge < -0.3 is 14.4 Å². The van der Waals surface area contributed by atoms with Crippen LogP contribution in [0.2, 0.25) is 0 Å². The summed E-state index contributed by atoms with van der Waals surface area (Å²) in [6.45, 7) is 0.969. The monoisotopic (exact) mass is 329 g/mol. The summed E-state index contributed by atoms with van der Waals surface area (Å²) in [6.07, 6.45) is 0.710. The van der Waals surface area contributed by atoms with Gasteiger partial charge in [-0.15, -0.1) is 3.89 Å². The Hall–Kier alpha value is -1.83. The van der Waals surface area contributed by atoms with E-state index in [2.05, 4.69) is 0 Å². The fourth-order valence-corrected chi connectivity index (χ4v) is 3.61. The lowest BCUT2D eigenvalue weighted by molar-refractivity contribution is -0.127. The largest absolute Gasteiger partial charge is 0.454 e. The standard InChI is InChI=1S/C14H16FNO5S/c15-22(18,19)8-11-6-14(17)16(7-11)4-3-10-1-2-12-13(5-10)21-9-20-12/h1-2,5,11H,3-4,6-9H2. The van der Waals surface area contributed by atoms with Gasteiger partial charge in [-0.3, -0.25) is 4.79 Å². The first kappa shape index (κ1) is 15.1. The van der Waals surface area contributed by atoms with Crippen molar-refractivity contribution in [1.29, 1.82) is 0 Å². The number of halogens is 1. The van der Waals surface area contributed by atoms with Gasteiger partial charge in [-0.25, -0.2) is 0 Å². The molecule has 1 aromatic carbocycles. The lowest BCUT2D eigenvalue weighted by Gasteiger charge is -2.16. The number of likely N-dealkylation sites (tertiary alicyclic amines) is 1. The molecule has 2 aliphatic rings. The Labute approximate surface area is 128 Å². The minimum Gasteiger partial charge on any atom is -0.454 e. The Morgan fingerprint density at radius 2 is 2.05 bits per heavy atom. The van der Waals surface area contributed by atoms with Crippen molar-refractivity contribution in [2.45, 2.75) is 12.8 Å². The molecule has 0 spiro atoms. The third kappa shape index (κ3) is 3.49. The van der Waals surface area contributed by atoms with E-state index in [4.69, 9.17) is 9.47 Å². The summed E-state index contributed by atoms with van der Waals surface area (Å²) < 4.78 is 44.5. The zero-order valence-corrected chi connectivity index (χ0v) is 12.6. The second-order valence-electron chi connectivity index (χ2n) is 5.55. The van der Waals surface area contributed by atoms with E-state index < -0.39 is 21.9 Å². The van der Waals surface area contributed by atoms with Crippen molar-refractivity contribution in [3.63, 3.8) is 0 Å². The molecule has 120 valence electrons. The number of carbonyl (C=O) groups is 1. The van der Waals surface area contributed by atoms with E-state index in [1.807, 2.05) is 18.2 Å². The van der Waals surface area contributed by atoms with Crippen molar-refractivity contribution in [3.8, 4) is 11.5 Å². The van der Waals surface area contributed by atoms with Crippen molar-refractivity contribution in [2.75, 3.05) is 25.6 Å². The number of nitrogens with zero attached hydrogens (tertiary/aromatic N) is 1. The van der Waals surface area contributed by atoms with Gasteiger partial charge in [0.2, 0.25) is 12.7 Å². The average Bonchev–Trinajstić information content (AvgIpc) is 3.00. The van der Waals surface area contributed by atoms with Crippen molar-refractivity contribution in [3.05, 3.63) is 23.8 Å². The molecule has 1 atom stereocenters. The van der Waals surface area contributed by atoms with Gasteiger partial charge in [0, 0.05) is 25.4 Å². The number of hydrogen-bond acceptors (Lipinski definition) is 5. The zero-order chi connectivity index (χ0) is 15.7. The summed E-state index contributed by atoms with van der Waals surface area (Å²) in [5, 5.41) is 0. The van der Waals surface area contributed by atoms with Crippen molar-refractivity contribution in [2.24, 2.45) is 5.92 Å². The summed E-state index contributed by atoms with van der Waals surface area (Å²) >= 11 is 0. The third-order valence-corrected chi connectivity index (χ3v) is 4.71. The van der Waals surface area contributed by atoms with E-state index in [1.54, 1.807) is 4.90 Å². The van der Waals surface area contributed by atoms with E-state index in [0.29, 0.717) is 24.5 Å². The van der Waals surface area contributed by atoms with Crippen LogP contribution in [0.3, 0.4) is 0 Å². The first-order valence-corrected chi connectivity index (χ1v) is 8.54. The summed E-state index contributed by atoms with van der Waals surface area (Å²) in [5.41, 5.74) is 0.999. The molecule has 1 aromatic rings. The molecule has 0 bridgehead atoms. The molecule has 0 radical (unpaired) electrons. The Morgan fingerprint density at radius 1 is 1.27 bits per heavy atom. The van der Waals surface area contributed by atoms with Crippen LogP contribution in [-0.2, 0) is 21.4 Å². The van der Waals surface area contributed by atoms with Crippen LogP contribution >= 0.6 is 0 Å². The minimum atomic E-state index is -4.54. The SMILES string of the molecule is O=C1CC(CS(=O)(=O)F)CN1CCc1ccc2c(c1)OCO2. The fourth-order valence-electron chi connectivity index (χ4n) is 2.82. The molecule has 0 aliphatic carbocycles. The van der Waals surface area contributed by atoms with Gasteiger partial charge in [-0.1, -0.05) is 6.07 Å². The number of fused-ring (bicyclic) bond motifs is 1. The molecule has 3 rings (SSSR count). The topological polar surface area (TPSA) is 72.9 Å². The molecule has 22 heavy (non-hydrogen) atoms. The van der Waals surface area contributed by atoms with Gasteiger partial charge in [0.15, 0.2) is 11.5 Å². The van der Waals surface area contributed by atoms with Crippen LogP contribution in [0.15, 0.2) is 18.2 Å². The molecule has 1 saturated heterocycles. The lowest BCUT2D eigenvalue weighted by atomic mass is 10.1. The van der Waals surface area contributed by atoms with Crippen LogP contribution in [0.5, 0.6) is 11.5 Å². The van der Waals surface area contributed by atoms with Crippen molar-refractivity contribution < 1.29 is 26.6 Å². The van der Waals surface area contributed by atoms with Crippen LogP contribution in [0.1, 0.15) is 12.0 Å². The van der Waals surface area contributed by atoms with E-state index in [9.17, 15) is 17.1 Å². The molecule has 1 unspecified atom stereocenters.